The average Bonchev–Trinajstić information content (AvgIpc) is 3.12. The van der Waals surface area contributed by atoms with Gasteiger partial charge in [0.05, 0.1) is 11.1 Å². The van der Waals surface area contributed by atoms with Gasteiger partial charge in [-0.3, -0.25) is 9.20 Å². The summed E-state index contributed by atoms with van der Waals surface area (Å²) in [6.45, 7) is 16.7. The number of aryl methyl sites for hydroxylation is 2. The Morgan fingerprint density at radius 2 is 1.75 bits per heavy atom. The molecule has 0 N–H and O–H groups in total. The van der Waals surface area contributed by atoms with E-state index in [1.165, 1.54) is 22.2 Å². The number of aromatic nitrogens is 4. The molecular weight excluding hydrogens is 390 g/mol. The maximum Gasteiger partial charge on any atom is 0.233 e. The van der Waals surface area contributed by atoms with Crippen molar-refractivity contribution in [2.24, 2.45) is 0 Å². The molecule has 3 aromatic rings. The molecule has 0 spiro atoms. The van der Waals surface area contributed by atoms with Gasteiger partial charge >= 0.3 is 0 Å². The molecule has 0 unspecified atom stereocenters. The highest BCUT2D eigenvalue weighted by Crippen LogP contribution is 2.34. The van der Waals surface area contributed by atoms with Crippen molar-refractivity contribution >= 4 is 44.9 Å². The number of nitrogens with zero attached hydrogens (tertiary/aromatic N) is 5. The molecule has 0 aromatic carbocycles. The third-order valence-electron chi connectivity index (χ3n) is 4.91. The van der Waals surface area contributed by atoms with Crippen LogP contribution in [0.15, 0.2) is 5.16 Å². The van der Waals surface area contributed by atoms with Gasteiger partial charge in [0.1, 0.15) is 10.7 Å². The lowest BCUT2D eigenvalue weighted by molar-refractivity contribution is -0.131. The quantitative estimate of drug-likeness (QED) is 0.536. The van der Waals surface area contributed by atoms with Crippen molar-refractivity contribution in [3.63, 3.8) is 0 Å². The minimum absolute atomic E-state index is 0.120. The first-order valence-electron chi connectivity index (χ1n) is 9.72. The number of thioether (sulfide) groups is 1. The third kappa shape index (κ3) is 3.64. The van der Waals surface area contributed by atoms with E-state index in [1.54, 1.807) is 11.3 Å². The Bertz CT molecular complexity index is 1010. The third-order valence-corrected chi connectivity index (χ3v) is 6.93. The van der Waals surface area contributed by atoms with E-state index in [0.29, 0.717) is 5.75 Å². The van der Waals surface area contributed by atoms with Crippen LogP contribution in [0.25, 0.3) is 15.9 Å². The van der Waals surface area contributed by atoms with Gasteiger partial charge in [-0.1, -0.05) is 25.6 Å². The Kier molecular flexibility index (Phi) is 6.00. The second kappa shape index (κ2) is 7.99. The molecule has 0 saturated heterocycles. The summed E-state index contributed by atoms with van der Waals surface area (Å²) in [5.41, 5.74) is 2.05. The van der Waals surface area contributed by atoms with Crippen LogP contribution < -0.4 is 0 Å². The van der Waals surface area contributed by atoms with Crippen molar-refractivity contribution in [2.45, 2.75) is 78.5 Å². The van der Waals surface area contributed by atoms with Gasteiger partial charge in [0, 0.05) is 22.9 Å². The molecular formula is C20H29N5OS2. The predicted octanol–water partition coefficient (Wildman–Crippen LogP) is 4.82. The minimum atomic E-state index is 0.120. The molecule has 0 aliphatic carbocycles. The minimum Gasteiger partial charge on any atom is -0.337 e. The molecule has 1 amide bonds. The second-order valence-corrected chi connectivity index (χ2v) is 10.2. The smallest absolute Gasteiger partial charge is 0.233 e. The van der Waals surface area contributed by atoms with Crippen LogP contribution in [0.5, 0.6) is 0 Å². The van der Waals surface area contributed by atoms with Crippen LogP contribution in [0.1, 0.15) is 63.7 Å². The molecule has 3 heterocycles. The molecule has 0 radical (unpaired) electrons. The monoisotopic (exact) mass is 419 g/mol. The lowest BCUT2D eigenvalue weighted by atomic mass is 10.2. The van der Waals surface area contributed by atoms with Gasteiger partial charge in [-0.2, -0.15) is 0 Å². The van der Waals surface area contributed by atoms with E-state index in [1.807, 2.05) is 37.0 Å². The highest BCUT2D eigenvalue weighted by atomic mass is 32.2. The molecule has 6 nitrogen and oxygen atoms in total. The number of hydrogen-bond donors (Lipinski definition) is 0. The largest absolute Gasteiger partial charge is 0.337 e. The Morgan fingerprint density at radius 3 is 2.32 bits per heavy atom. The lowest BCUT2D eigenvalue weighted by Crippen LogP contribution is -2.43. The standard InChI is InChI=1S/C20H29N5OS2/c1-10(2)17-21-19-16(13(7)14(8)28-19)18-22-23-20(25(17)18)27-9-15(26)24(11(3)4)12(5)6/h10-12H,9H2,1-8H3. The molecule has 3 aromatic heterocycles. The van der Waals surface area contributed by atoms with E-state index in [-0.39, 0.29) is 23.9 Å². The van der Waals surface area contributed by atoms with Crippen LogP contribution >= 0.6 is 23.1 Å². The zero-order valence-electron chi connectivity index (χ0n) is 17.9. The number of hydrogen-bond acceptors (Lipinski definition) is 6. The zero-order chi connectivity index (χ0) is 20.7. The summed E-state index contributed by atoms with van der Waals surface area (Å²) in [6, 6.07) is 0.347. The van der Waals surface area contributed by atoms with E-state index in [9.17, 15) is 4.79 Å². The number of rotatable bonds is 6. The molecule has 0 fully saturated rings. The van der Waals surface area contributed by atoms with Crippen molar-refractivity contribution in [3.05, 3.63) is 16.3 Å². The van der Waals surface area contributed by atoms with Gasteiger partial charge in [0.25, 0.3) is 0 Å². The topological polar surface area (TPSA) is 63.4 Å². The molecule has 8 heteroatoms. The normalized spacial score (nSPS) is 12.2. The van der Waals surface area contributed by atoms with Crippen molar-refractivity contribution in [2.75, 3.05) is 5.75 Å². The highest BCUT2D eigenvalue weighted by Gasteiger charge is 2.24. The first-order valence-corrected chi connectivity index (χ1v) is 11.5. The summed E-state index contributed by atoms with van der Waals surface area (Å²) in [6.07, 6.45) is 0. The average molecular weight is 420 g/mol. The van der Waals surface area contributed by atoms with Gasteiger partial charge in [-0.25, -0.2) is 4.98 Å². The van der Waals surface area contributed by atoms with E-state index in [2.05, 4.69) is 37.9 Å². The van der Waals surface area contributed by atoms with Crippen LogP contribution in [0, 0.1) is 13.8 Å². The number of amides is 1. The van der Waals surface area contributed by atoms with Crippen LogP contribution in [-0.2, 0) is 4.79 Å². The van der Waals surface area contributed by atoms with E-state index >= 15 is 0 Å². The molecule has 3 rings (SSSR count). The first-order chi connectivity index (χ1) is 13.1. The molecule has 0 aliphatic heterocycles. The number of thiophene rings is 1. The van der Waals surface area contributed by atoms with Gasteiger partial charge in [-0.15, -0.1) is 21.5 Å². The molecule has 0 bridgehead atoms. The van der Waals surface area contributed by atoms with Gasteiger partial charge < -0.3 is 4.90 Å². The van der Waals surface area contributed by atoms with Crippen molar-refractivity contribution in [1.82, 2.24) is 24.5 Å². The van der Waals surface area contributed by atoms with Crippen LogP contribution in [0.3, 0.4) is 0 Å². The van der Waals surface area contributed by atoms with E-state index in [0.717, 1.165) is 26.8 Å². The molecule has 0 aliphatic rings. The molecule has 28 heavy (non-hydrogen) atoms. The number of carbonyl (C=O) groups excluding carboxylic acids is 1. The molecule has 152 valence electrons. The Morgan fingerprint density at radius 1 is 1.11 bits per heavy atom. The zero-order valence-corrected chi connectivity index (χ0v) is 19.5. The van der Waals surface area contributed by atoms with Crippen molar-refractivity contribution in [1.29, 1.82) is 0 Å². The summed E-state index contributed by atoms with van der Waals surface area (Å²) < 4.78 is 2.04. The van der Waals surface area contributed by atoms with Gasteiger partial charge in [0.15, 0.2) is 10.8 Å². The maximum absolute atomic E-state index is 12.8. The van der Waals surface area contributed by atoms with Gasteiger partial charge in [-0.05, 0) is 47.1 Å². The Balaban J connectivity index is 2.03. The summed E-state index contributed by atoms with van der Waals surface area (Å²) >= 11 is 3.15. The number of fused-ring (bicyclic) bond motifs is 3. The second-order valence-electron chi connectivity index (χ2n) is 8.01. The van der Waals surface area contributed by atoms with Crippen molar-refractivity contribution < 1.29 is 4.79 Å². The van der Waals surface area contributed by atoms with Gasteiger partial charge in [0.2, 0.25) is 5.91 Å². The molecule has 0 saturated carbocycles. The lowest BCUT2D eigenvalue weighted by Gasteiger charge is -2.30. The van der Waals surface area contributed by atoms with E-state index in [4.69, 9.17) is 4.98 Å². The van der Waals surface area contributed by atoms with Crippen LogP contribution in [0.2, 0.25) is 0 Å². The fraction of sp³-hybridized carbons (Fsp3) is 0.600. The fourth-order valence-corrected chi connectivity index (χ4v) is 5.44. The highest BCUT2D eigenvalue weighted by molar-refractivity contribution is 7.99. The predicted molar refractivity (Wildman–Crippen MR) is 118 cm³/mol. The van der Waals surface area contributed by atoms with E-state index < -0.39 is 0 Å². The fourth-order valence-electron chi connectivity index (χ4n) is 3.60. The summed E-state index contributed by atoms with van der Waals surface area (Å²) in [5.74, 6) is 1.63. The summed E-state index contributed by atoms with van der Waals surface area (Å²) in [5, 5.41) is 10.7. The Hall–Kier alpha value is -1.67. The SMILES string of the molecule is Cc1sc2nc(C(C)C)n3c(SCC(=O)N(C(C)C)C(C)C)nnc3c2c1C. The maximum atomic E-state index is 12.8. The molecule has 0 atom stereocenters. The summed E-state index contributed by atoms with van der Waals surface area (Å²) in [7, 11) is 0. The van der Waals surface area contributed by atoms with Crippen LogP contribution in [0.4, 0.5) is 0 Å². The van der Waals surface area contributed by atoms with Crippen molar-refractivity contribution in [3.8, 4) is 0 Å². The van der Waals surface area contributed by atoms with Crippen LogP contribution in [-0.4, -0.2) is 48.2 Å². The first kappa shape index (κ1) is 21.0. The summed E-state index contributed by atoms with van der Waals surface area (Å²) in [4.78, 5) is 21.9. The number of carbonyl (C=O) groups is 1. The Labute approximate surface area is 174 Å².